The average molecular weight is 247 g/mol. The molecule has 1 N–H and O–H groups in total. The van der Waals surface area contributed by atoms with Crippen molar-refractivity contribution in [2.75, 3.05) is 0 Å². The lowest BCUT2D eigenvalue weighted by Gasteiger charge is -2.04. The normalized spacial score (nSPS) is 10.1. The third-order valence-electron chi connectivity index (χ3n) is 1.72. The first-order valence-corrected chi connectivity index (χ1v) is 4.46. The van der Waals surface area contributed by atoms with Gasteiger partial charge in [-0.2, -0.15) is 0 Å². The number of hydrogen-bond acceptors (Lipinski definition) is 1. The standard InChI is InChI=1S/C9H8BrFO2/c1-5-2-8(11)7(10)3-6(5)4-9(12)13/h2-3H,4H2,1H3,(H,12,13). The van der Waals surface area contributed by atoms with E-state index in [0.717, 1.165) is 0 Å². The van der Waals surface area contributed by atoms with Crippen molar-refractivity contribution in [1.82, 2.24) is 0 Å². The SMILES string of the molecule is Cc1cc(F)c(Br)cc1CC(=O)O. The summed E-state index contributed by atoms with van der Waals surface area (Å²) in [6.45, 7) is 1.69. The Kier molecular flexibility index (Phi) is 3.03. The van der Waals surface area contributed by atoms with Gasteiger partial charge in [0.15, 0.2) is 0 Å². The molecule has 0 saturated carbocycles. The Balaban J connectivity index is 3.08. The van der Waals surface area contributed by atoms with Gasteiger partial charge < -0.3 is 5.11 Å². The molecule has 1 aromatic carbocycles. The maximum absolute atomic E-state index is 12.9. The summed E-state index contributed by atoms with van der Waals surface area (Å²) in [7, 11) is 0. The van der Waals surface area contributed by atoms with E-state index in [9.17, 15) is 9.18 Å². The highest BCUT2D eigenvalue weighted by atomic mass is 79.9. The number of benzene rings is 1. The minimum Gasteiger partial charge on any atom is -0.481 e. The molecule has 0 aliphatic heterocycles. The number of hydrogen-bond donors (Lipinski definition) is 1. The molecule has 0 spiro atoms. The minimum atomic E-state index is -0.915. The maximum Gasteiger partial charge on any atom is 0.307 e. The van der Waals surface area contributed by atoms with E-state index in [1.807, 2.05) is 0 Å². The molecule has 0 aromatic heterocycles. The predicted molar refractivity (Wildman–Crippen MR) is 50.2 cm³/mol. The molecule has 0 aliphatic carbocycles. The van der Waals surface area contributed by atoms with Crippen LogP contribution in [0, 0.1) is 12.7 Å². The van der Waals surface area contributed by atoms with Crippen LogP contribution in [-0.2, 0) is 11.2 Å². The maximum atomic E-state index is 12.9. The van der Waals surface area contributed by atoms with E-state index in [-0.39, 0.29) is 12.2 Å². The van der Waals surface area contributed by atoms with Crippen LogP contribution in [-0.4, -0.2) is 11.1 Å². The number of rotatable bonds is 2. The molecule has 70 valence electrons. The summed E-state index contributed by atoms with van der Waals surface area (Å²) in [4.78, 5) is 10.4. The lowest BCUT2D eigenvalue weighted by molar-refractivity contribution is -0.136. The number of carboxylic acids is 1. The first kappa shape index (κ1) is 10.2. The van der Waals surface area contributed by atoms with Gasteiger partial charge >= 0.3 is 5.97 Å². The quantitative estimate of drug-likeness (QED) is 0.871. The van der Waals surface area contributed by atoms with Crippen LogP contribution in [0.1, 0.15) is 11.1 Å². The van der Waals surface area contributed by atoms with Gasteiger partial charge in [-0.25, -0.2) is 4.39 Å². The number of aryl methyl sites for hydroxylation is 1. The highest BCUT2D eigenvalue weighted by molar-refractivity contribution is 9.10. The van der Waals surface area contributed by atoms with E-state index in [2.05, 4.69) is 15.9 Å². The van der Waals surface area contributed by atoms with Crippen molar-refractivity contribution in [1.29, 1.82) is 0 Å². The summed E-state index contributed by atoms with van der Waals surface area (Å²) in [6, 6.07) is 2.82. The van der Waals surface area contributed by atoms with Crippen molar-refractivity contribution in [2.24, 2.45) is 0 Å². The second-order valence-corrected chi connectivity index (χ2v) is 3.62. The van der Waals surface area contributed by atoms with E-state index in [4.69, 9.17) is 5.11 Å². The number of carboxylic acid groups (broad SMARTS) is 1. The fraction of sp³-hybridized carbons (Fsp3) is 0.222. The third-order valence-corrected chi connectivity index (χ3v) is 2.33. The largest absolute Gasteiger partial charge is 0.481 e. The summed E-state index contributed by atoms with van der Waals surface area (Å²) in [5.41, 5.74) is 1.28. The number of aliphatic carboxylic acids is 1. The van der Waals surface area contributed by atoms with Crippen molar-refractivity contribution >= 4 is 21.9 Å². The summed E-state index contributed by atoms with van der Waals surface area (Å²) in [5.74, 6) is -1.28. The second kappa shape index (κ2) is 3.87. The van der Waals surface area contributed by atoms with Gasteiger partial charge in [0, 0.05) is 0 Å². The molecule has 0 heterocycles. The first-order chi connectivity index (χ1) is 6.00. The van der Waals surface area contributed by atoms with Gasteiger partial charge in [-0.15, -0.1) is 0 Å². The molecule has 0 atom stereocenters. The zero-order valence-corrected chi connectivity index (χ0v) is 8.56. The minimum absolute atomic E-state index is 0.0787. The Hall–Kier alpha value is -0.900. The molecule has 13 heavy (non-hydrogen) atoms. The number of halogens is 2. The van der Waals surface area contributed by atoms with Crippen LogP contribution in [0.5, 0.6) is 0 Å². The first-order valence-electron chi connectivity index (χ1n) is 3.67. The summed E-state index contributed by atoms with van der Waals surface area (Å²) < 4.78 is 13.2. The highest BCUT2D eigenvalue weighted by Crippen LogP contribution is 2.20. The number of carbonyl (C=O) groups is 1. The Bertz CT molecular complexity index is 350. The molecule has 1 rings (SSSR count). The van der Waals surface area contributed by atoms with Crippen molar-refractivity contribution < 1.29 is 14.3 Å². The third kappa shape index (κ3) is 2.52. The van der Waals surface area contributed by atoms with E-state index < -0.39 is 5.97 Å². The van der Waals surface area contributed by atoms with E-state index in [1.165, 1.54) is 12.1 Å². The van der Waals surface area contributed by atoms with E-state index >= 15 is 0 Å². The highest BCUT2D eigenvalue weighted by Gasteiger charge is 2.07. The van der Waals surface area contributed by atoms with Gasteiger partial charge in [0.1, 0.15) is 5.82 Å². The van der Waals surface area contributed by atoms with Gasteiger partial charge in [0.2, 0.25) is 0 Å². The second-order valence-electron chi connectivity index (χ2n) is 2.76. The Morgan fingerprint density at radius 2 is 2.23 bits per heavy atom. The van der Waals surface area contributed by atoms with Gasteiger partial charge in [-0.1, -0.05) is 0 Å². The molecule has 4 heteroatoms. The van der Waals surface area contributed by atoms with Crippen molar-refractivity contribution in [3.05, 3.63) is 33.5 Å². The monoisotopic (exact) mass is 246 g/mol. The molecule has 0 fully saturated rings. The van der Waals surface area contributed by atoms with Crippen LogP contribution in [0.25, 0.3) is 0 Å². The molecule has 0 saturated heterocycles. The molecular weight excluding hydrogens is 239 g/mol. The predicted octanol–water partition coefficient (Wildman–Crippen LogP) is 2.52. The fourth-order valence-electron chi connectivity index (χ4n) is 1.04. The Morgan fingerprint density at radius 3 is 2.77 bits per heavy atom. The molecule has 0 amide bonds. The zero-order valence-electron chi connectivity index (χ0n) is 6.97. The summed E-state index contributed by atoms with van der Waals surface area (Å²) in [5, 5.41) is 8.54. The average Bonchev–Trinajstić information content (AvgIpc) is 1.99. The van der Waals surface area contributed by atoms with Crippen molar-refractivity contribution in [3.8, 4) is 0 Å². The van der Waals surface area contributed by atoms with Gasteiger partial charge in [-0.3, -0.25) is 4.79 Å². The van der Waals surface area contributed by atoms with Gasteiger partial charge in [0.25, 0.3) is 0 Å². The van der Waals surface area contributed by atoms with Crippen LogP contribution in [0.3, 0.4) is 0 Å². The fourth-order valence-corrected chi connectivity index (χ4v) is 1.43. The molecular formula is C9H8BrFO2. The van der Waals surface area contributed by atoms with Gasteiger partial charge in [0.05, 0.1) is 10.9 Å². The van der Waals surface area contributed by atoms with Crippen LogP contribution >= 0.6 is 15.9 Å². The molecule has 0 unspecified atom stereocenters. The summed E-state index contributed by atoms with van der Waals surface area (Å²) in [6.07, 6.45) is -0.0787. The van der Waals surface area contributed by atoms with E-state index in [1.54, 1.807) is 6.92 Å². The van der Waals surface area contributed by atoms with Crippen LogP contribution in [0.4, 0.5) is 4.39 Å². The van der Waals surface area contributed by atoms with Crippen molar-refractivity contribution in [2.45, 2.75) is 13.3 Å². The lowest BCUT2D eigenvalue weighted by atomic mass is 10.1. The Labute approximate surface area is 83.5 Å². The lowest BCUT2D eigenvalue weighted by Crippen LogP contribution is -2.02. The zero-order chi connectivity index (χ0) is 10.0. The topological polar surface area (TPSA) is 37.3 Å². The van der Waals surface area contributed by atoms with E-state index in [0.29, 0.717) is 15.6 Å². The van der Waals surface area contributed by atoms with Crippen molar-refractivity contribution in [3.63, 3.8) is 0 Å². The van der Waals surface area contributed by atoms with Gasteiger partial charge in [-0.05, 0) is 46.1 Å². The Morgan fingerprint density at radius 1 is 1.62 bits per heavy atom. The molecule has 0 radical (unpaired) electrons. The molecule has 0 aliphatic rings. The smallest absolute Gasteiger partial charge is 0.307 e. The molecule has 0 bridgehead atoms. The van der Waals surface area contributed by atoms with Crippen LogP contribution < -0.4 is 0 Å². The summed E-state index contributed by atoms with van der Waals surface area (Å²) >= 11 is 3.00. The molecule has 2 nitrogen and oxygen atoms in total. The molecule has 1 aromatic rings. The van der Waals surface area contributed by atoms with Crippen LogP contribution in [0.2, 0.25) is 0 Å². The van der Waals surface area contributed by atoms with Crippen LogP contribution in [0.15, 0.2) is 16.6 Å².